The Bertz CT molecular complexity index is 451. The van der Waals surface area contributed by atoms with Crippen molar-refractivity contribution in [3.8, 4) is 0 Å². The largest absolute Gasteiger partial charge is 0.388 e. The summed E-state index contributed by atoms with van der Waals surface area (Å²) in [7, 11) is 0. The van der Waals surface area contributed by atoms with Gasteiger partial charge in [-0.1, -0.05) is 6.07 Å². The van der Waals surface area contributed by atoms with Gasteiger partial charge in [-0.2, -0.15) is 0 Å². The average Bonchev–Trinajstić information content (AvgIpc) is 2.69. The normalized spacial score (nSPS) is 10.5. The topological polar surface area (TPSA) is 50.9 Å². The molecular formula is C11H13N3O. The Morgan fingerprint density at radius 1 is 1.33 bits per heavy atom. The van der Waals surface area contributed by atoms with Gasteiger partial charge >= 0.3 is 0 Å². The van der Waals surface area contributed by atoms with E-state index in [9.17, 15) is 0 Å². The molecule has 0 radical (unpaired) electrons. The Labute approximate surface area is 88.2 Å². The lowest BCUT2D eigenvalue weighted by atomic mass is 10.2. The van der Waals surface area contributed by atoms with Crippen molar-refractivity contribution in [3.63, 3.8) is 0 Å². The lowest BCUT2D eigenvalue weighted by Gasteiger charge is -2.07. The highest BCUT2D eigenvalue weighted by Crippen LogP contribution is 2.07. The van der Waals surface area contributed by atoms with Crippen LogP contribution in [0.2, 0.25) is 0 Å². The number of aryl methyl sites for hydroxylation is 1. The summed E-state index contributed by atoms with van der Waals surface area (Å²) >= 11 is 0. The number of aliphatic hydroxyl groups excluding tert-OH is 1. The molecule has 2 aromatic rings. The van der Waals surface area contributed by atoms with E-state index in [0.29, 0.717) is 12.4 Å². The molecule has 0 amide bonds. The summed E-state index contributed by atoms with van der Waals surface area (Å²) in [5, 5.41) is 9.05. The molecule has 15 heavy (non-hydrogen) atoms. The molecule has 0 saturated heterocycles. The van der Waals surface area contributed by atoms with Crippen LogP contribution in [0.15, 0.2) is 30.7 Å². The first-order chi connectivity index (χ1) is 7.31. The molecule has 0 aliphatic carbocycles. The van der Waals surface area contributed by atoms with Gasteiger partial charge in [0.05, 0.1) is 12.2 Å². The maximum Gasteiger partial charge on any atom is 0.134 e. The van der Waals surface area contributed by atoms with Crippen LogP contribution in [0.3, 0.4) is 0 Å². The molecule has 2 rings (SSSR count). The summed E-state index contributed by atoms with van der Waals surface area (Å²) in [6.07, 6.45) is 5.31. The molecule has 0 aliphatic rings. The molecule has 0 aliphatic heterocycles. The molecule has 4 nitrogen and oxygen atoms in total. The van der Waals surface area contributed by atoms with Gasteiger partial charge in [-0.3, -0.25) is 4.98 Å². The van der Waals surface area contributed by atoms with Crippen LogP contribution in [-0.4, -0.2) is 19.6 Å². The summed E-state index contributed by atoms with van der Waals surface area (Å²) in [5.74, 6) is 0.667. The third kappa shape index (κ3) is 2.05. The molecule has 0 bridgehead atoms. The minimum atomic E-state index is -0.0428. The Morgan fingerprint density at radius 2 is 2.20 bits per heavy atom. The van der Waals surface area contributed by atoms with E-state index in [1.807, 2.05) is 29.8 Å². The zero-order valence-corrected chi connectivity index (χ0v) is 8.59. The van der Waals surface area contributed by atoms with Gasteiger partial charge in [0.2, 0.25) is 0 Å². The van der Waals surface area contributed by atoms with E-state index in [4.69, 9.17) is 5.11 Å². The van der Waals surface area contributed by atoms with Gasteiger partial charge in [0.25, 0.3) is 0 Å². The molecule has 0 unspecified atom stereocenters. The quantitative estimate of drug-likeness (QED) is 0.813. The lowest BCUT2D eigenvalue weighted by molar-refractivity contribution is 0.266. The smallest absolute Gasteiger partial charge is 0.134 e. The van der Waals surface area contributed by atoms with Crippen molar-refractivity contribution in [2.45, 2.75) is 20.1 Å². The molecule has 0 spiro atoms. The van der Waals surface area contributed by atoms with Gasteiger partial charge in [-0.05, 0) is 18.6 Å². The SMILES string of the molecule is Cc1cccnc1Cn1ccnc1CO. The molecule has 0 saturated carbocycles. The first-order valence-corrected chi connectivity index (χ1v) is 4.82. The number of hydrogen-bond donors (Lipinski definition) is 1. The molecular weight excluding hydrogens is 190 g/mol. The van der Waals surface area contributed by atoms with Crippen LogP contribution < -0.4 is 0 Å². The Balaban J connectivity index is 2.26. The fourth-order valence-corrected chi connectivity index (χ4v) is 1.48. The van der Waals surface area contributed by atoms with Crippen molar-refractivity contribution >= 4 is 0 Å². The summed E-state index contributed by atoms with van der Waals surface area (Å²) in [6.45, 7) is 2.64. The molecule has 4 heteroatoms. The third-order valence-corrected chi connectivity index (χ3v) is 2.38. The summed E-state index contributed by atoms with van der Waals surface area (Å²) < 4.78 is 1.90. The molecule has 1 N–H and O–H groups in total. The molecule has 0 atom stereocenters. The van der Waals surface area contributed by atoms with E-state index < -0.39 is 0 Å². The average molecular weight is 203 g/mol. The zero-order chi connectivity index (χ0) is 10.7. The fourth-order valence-electron chi connectivity index (χ4n) is 1.48. The van der Waals surface area contributed by atoms with Crippen molar-refractivity contribution in [1.29, 1.82) is 0 Å². The van der Waals surface area contributed by atoms with Crippen LogP contribution in [-0.2, 0) is 13.2 Å². The van der Waals surface area contributed by atoms with E-state index >= 15 is 0 Å². The fraction of sp³-hybridized carbons (Fsp3) is 0.273. The molecule has 78 valence electrons. The van der Waals surface area contributed by atoms with Crippen LogP contribution in [0.25, 0.3) is 0 Å². The van der Waals surface area contributed by atoms with Crippen molar-refractivity contribution in [2.75, 3.05) is 0 Å². The Hall–Kier alpha value is -1.68. The lowest BCUT2D eigenvalue weighted by Crippen LogP contribution is -2.06. The second-order valence-electron chi connectivity index (χ2n) is 3.40. The van der Waals surface area contributed by atoms with Gasteiger partial charge in [0.1, 0.15) is 12.4 Å². The van der Waals surface area contributed by atoms with E-state index in [1.54, 1.807) is 12.4 Å². The van der Waals surface area contributed by atoms with E-state index in [1.165, 1.54) is 0 Å². The molecule has 2 heterocycles. The van der Waals surface area contributed by atoms with E-state index in [-0.39, 0.29) is 6.61 Å². The van der Waals surface area contributed by atoms with Gasteiger partial charge < -0.3 is 9.67 Å². The highest BCUT2D eigenvalue weighted by molar-refractivity contribution is 5.18. The molecule has 0 aromatic carbocycles. The maximum atomic E-state index is 9.05. The van der Waals surface area contributed by atoms with Gasteiger partial charge in [-0.25, -0.2) is 4.98 Å². The van der Waals surface area contributed by atoms with Gasteiger partial charge in [0, 0.05) is 18.6 Å². The van der Waals surface area contributed by atoms with Crippen molar-refractivity contribution in [3.05, 3.63) is 47.8 Å². The predicted molar refractivity (Wildman–Crippen MR) is 56.2 cm³/mol. The van der Waals surface area contributed by atoms with Crippen molar-refractivity contribution in [1.82, 2.24) is 14.5 Å². The van der Waals surface area contributed by atoms with Gasteiger partial charge in [-0.15, -0.1) is 0 Å². The number of aliphatic hydroxyl groups is 1. The van der Waals surface area contributed by atoms with E-state index in [2.05, 4.69) is 9.97 Å². The second-order valence-corrected chi connectivity index (χ2v) is 3.40. The third-order valence-electron chi connectivity index (χ3n) is 2.38. The molecule has 2 aromatic heterocycles. The predicted octanol–water partition coefficient (Wildman–Crippen LogP) is 1.13. The summed E-state index contributed by atoms with van der Waals surface area (Å²) in [6, 6.07) is 3.94. The van der Waals surface area contributed by atoms with Crippen LogP contribution in [0.5, 0.6) is 0 Å². The monoisotopic (exact) mass is 203 g/mol. The first-order valence-electron chi connectivity index (χ1n) is 4.82. The number of imidazole rings is 1. The first kappa shape index (κ1) is 9.86. The van der Waals surface area contributed by atoms with Crippen molar-refractivity contribution in [2.24, 2.45) is 0 Å². The van der Waals surface area contributed by atoms with Crippen LogP contribution >= 0.6 is 0 Å². The number of pyridine rings is 1. The van der Waals surface area contributed by atoms with Crippen LogP contribution in [0, 0.1) is 6.92 Å². The number of aromatic nitrogens is 3. The number of hydrogen-bond acceptors (Lipinski definition) is 3. The summed E-state index contributed by atoms with van der Waals surface area (Å²) in [5.41, 5.74) is 2.15. The second kappa shape index (κ2) is 4.23. The van der Waals surface area contributed by atoms with Crippen LogP contribution in [0.1, 0.15) is 17.1 Å². The minimum Gasteiger partial charge on any atom is -0.388 e. The number of rotatable bonds is 3. The highest BCUT2D eigenvalue weighted by Gasteiger charge is 2.04. The van der Waals surface area contributed by atoms with E-state index in [0.717, 1.165) is 11.3 Å². The zero-order valence-electron chi connectivity index (χ0n) is 8.59. The van der Waals surface area contributed by atoms with Crippen molar-refractivity contribution < 1.29 is 5.11 Å². The minimum absolute atomic E-state index is 0.0428. The Morgan fingerprint density at radius 3 is 2.93 bits per heavy atom. The van der Waals surface area contributed by atoms with Crippen LogP contribution in [0.4, 0.5) is 0 Å². The summed E-state index contributed by atoms with van der Waals surface area (Å²) in [4.78, 5) is 8.34. The Kier molecular flexibility index (Phi) is 2.78. The highest BCUT2D eigenvalue weighted by atomic mass is 16.3. The standard InChI is InChI=1S/C11H13N3O/c1-9-3-2-4-12-10(9)7-14-6-5-13-11(14)8-15/h2-6,15H,7-8H2,1H3. The molecule has 0 fully saturated rings. The maximum absolute atomic E-state index is 9.05. The number of nitrogens with zero attached hydrogens (tertiary/aromatic N) is 3. The van der Waals surface area contributed by atoms with Gasteiger partial charge in [0.15, 0.2) is 0 Å².